The molecule has 0 saturated carbocycles. The molecule has 0 fully saturated rings. The van der Waals surface area contributed by atoms with E-state index in [0.29, 0.717) is 22.8 Å². The molecule has 27 heavy (non-hydrogen) atoms. The van der Waals surface area contributed by atoms with Crippen molar-refractivity contribution in [2.24, 2.45) is 0 Å². The molecule has 1 atom stereocenters. The number of thioether (sulfide) groups is 1. The first-order chi connectivity index (χ1) is 12.8. The molecule has 0 bridgehead atoms. The van der Waals surface area contributed by atoms with Crippen LogP contribution in [-0.4, -0.2) is 32.4 Å². The van der Waals surface area contributed by atoms with Crippen LogP contribution in [-0.2, 0) is 14.8 Å². The Balaban J connectivity index is 2.37. The summed E-state index contributed by atoms with van der Waals surface area (Å²) in [6.07, 6.45) is 1.42. The van der Waals surface area contributed by atoms with Gasteiger partial charge in [0.2, 0.25) is 15.9 Å². The van der Waals surface area contributed by atoms with E-state index >= 15 is 0 Å². The van der Waals surface area contributed by atoms with Gasteiger partial charge in [0.1, 0.15) is 6.04 Å². The Labute approximate surface area is 170 Å². The zero-order valence-corrected chi connectivity index (χ0v) is 17.9. The molecule has 0 spiro atoms. The molecule has 1 amide bonds. The normalized spacial score (nSPS) is 12.4. The monoisotopic (exact) mass is 426 g/mol. The smallest absolute Gasteiger partial charge is 0.248 e. The summed E-state index contributed by atoms with van der Waals surface area (Å²) in [7, 11) is -3.68. The summed E-state index contributed by atoms with van der Waals surface area (Å²) >= 11 is 7.53. The lowest BCUT2D eigenvalue weighted by molar-refractivity contribution is -0.117. The van der Waals surface area contributed by atoms with Crippen LogP contribution in [0.5, 0.6) is 0 Å². The number of para-hydroxylation sites is 1. The molecule has 2 aromatic carbocycles. The molecule has 2 aromatic rings. The number of sulfonamides is 1. The van der Waals surface area contributed by atoms with Gasteiger partial charge in [0.05, 0.1) is 17.6 Å². The van der Waals surface area contributed by atoms with Gasteiger partial charge in [-0.3, -0.25) is 9.10 Å². The second kappa shape index (κ2) is 9.48. The molecule has 0 radical (unpaired) electrons. The minimum Gasteiger partial charge on any atom is -0.323 e. The molecule has 1 N–H and O–H groups in total. The van der Waals surface area contributed by atoms with Crippen LogP contribution in [0.25, 0.3) is 0 Å². The average Bonchev–Trinajstić information content (AvgIpc) is 2.61. The van der Waals surface area contributed by atoms with Gasteiger partial charge in [-0.05, 0) is 48.6 Å². The van der Waals surface area contributed by atoms with Crippen LogP contribution in [0.1, 0.15) is 20.3 Å². The van der Waals surface area contributed by atoms with Gasteiger partial charge in [0.25, 0.3) is 0 Å². The minimum atomic E-state index is -3.68. The lowest BCUT2D eigenvalue weighted by Crippen LogP contribution is -2.47. The fourth-order valence-corrected chi connectivity index (χ4v) is 4.81. The van der Waals surface area contributed by atoms with Crippen molar-refractivity contribution >= 4 is 50.7 Å². The van der Waals surface area contributed by atoms with Gasteiger partial charge >= 0.3 is 0 Å². The van der Waals surface area contributed by atoms with E-state index in [9.17, 15) is 13.2 Å². The summed E-state index contributed by atoms with van der Waals surface area (Å²) in [4.78, 5) is 13.9. The fourth-order valence-electron chi connectivity index (χ4n) is 2.72. The van der Waals surface area contributed by atoms with E-state index in [1.54, 1.807) is 43.0 Å². The topological polar surface area (TPSA) is 66.5 Å². The van der Waals surface area contributed by atoms with E-state index in [0.717, 1.165) is 21.2 Å². The van der Waals surface area contributed by atoms with Crippen molar-refractivity contribution in [3.05, 3.63) is 53.6 Å². The number of benzene rings is 2. The number of rotatable bonds is 8. The predicted molar refractivity (Wildman–Crippen MR) is 114 cm³/mol. The summed E-state index contributed by atoms with van der Waals surface area (Å²) < 4.78 is 26.1. The third-order valence-corrected chi connectivity index (χ3v) is 6.24. The Bertz CT molecular complexity index is 886. The summed E-state index contributed by atoms with van der Waals surface area (Å²) in [6.45, 7) is 3.81. The van der Waals surface area contributed by atoms with Crippen LogP contribution in [0.3, 0.4) is 0 Å². The molecule has 0 aliphatic carbocycles. The second-order valence-corrected chi connectivity index (χ2v) is 9.48. The van der Waals surface area contributed by atoms with Crippen molar-refractivity contribution in [3.8, 4) is 0 Å². The zero-order valence-electron chi connectivity index (χ0n) is 15.5. The summed E-state index contributed by atoms with van der Waals surface area (Å²) in [5, 5.41) is 3.38. The van der Waals surface area contributed by atoms with E-state index in [1.807, 2.05) is 31.2 Å². The van der Waals surface area contributed by atoms with Gasteiger partial charge < -0.3 is 5.32 Å². The number of halogens is 1. The molecule has 0 aliphatic heterocycles. The largest absolute Gasteiger partial charge is 0.323 e. The van der Waals surface area contributed by atoms with Crippen molar-refractivity contribution in [2.45, 2.75) is 31.2 Å². The number of hydrogen-bond donors (Lipinski definition) is 1. The van der Waals surface area contributed by atoms with Crippen LogP contribution in [0.2, 0.25) is 5.02 Å². The Hall–Kier alpha value is -1.70. The summed E-state index contributed by atoms with van der Waals surface area (Å²) in [5.74, 6) is 0.492. The number of anilines is 2. The van der Waals surface area contributed by atoms with Crippen molar-refractivity contribution in [1.82, 2.24) is 0 Å². The van der Waals surface area contributed by atoms with Crippen molar-refractivity contribution in [1.29, 1.82) is 0 Å². The first kappa shape index (κ1) is 21.6. The van der Waals surface area contributed by atoms with E-state index in [4.69, 9.17) is 11.6 Å². The number of carbonyl (C=O) groups excluding carboxylic acids is 1. The van der Waals surface area contributed by atoms with Crippen molar-refractivity contribution in [3.63, 3.8) is 0 Å². The number of amides is 1. The van der Waals surface area contributed by atoms with Crippen LogP contribution in [0, 0.1) is 0 Å². The van der Waals surface area contributed by atoms with E-state index in [1.165, 1.54) is 0 Å². The Morgan fingerprint density at radius 1 is 1.15 bits per heavy atom. The quantitative estimate of drug-likeness (QED) is 0.624. The van der Waals surface area contributed by atoms with Crippen LogP contribution in [0.15, 0.2) is 53.4 Å². The third kappa shape index (κ3) is 5.64. The number of hydrogen-bond acceptors (Lipinski definition) is 4. The fraction of sp³-hybridized carbons (Fsp3) is 0.316. The highest BCUT2D eigenvalue weighted by molar-refractivity contribution is 7.99. The maximum absolute atomic E-state index is 13.0. The summed E-state index contributed by atoms with van der Waals surface area (Å²) in [6, 6.07) is 13.0. The Kier molecular flexibility index (Phi) is 7.59. The molecular formula is C19H23ClN2O3S2. The van der Waals surface area contributed by atoms with Gasteiger partial charge in [-0.2, -0.15) is 0 Å². The first-order valence-electron chi connectivity index (χ1n) is 8.55. The number of nitrogens with zero attached hydrogens (tertiary/aromatic N) is 1. The van der Waals surface area contributed by atoms with Crippen LogP contribution >= 0.6 is 23.4 Å². The molecule has 8 heteroatoms. The van der Waals surface area contributed by atoms with E-state index < -0.39 is 16.1 Å². The van der Waals surface area contributed by atoms with Gasteiger partial charge in [0.15, 0.2) is 0 Å². The molecule has 0 unspecified atom stereocenters. The van der Waals surface area contributed by atoms with Gasteiger partial charge in [0, 0.05) is 9.92 Å². The standard InChI is InChI=1S/C19H23ClN2O3S2/c1-4-17(19(23)21-16-8-6-7-9-18(16)26-5-2)22(27(3,24)25)15-12-10-14(20)11-13-15/h6-13,17H,4-5H2,1-3H3,(H,21,23)/t17-/m1/s1. The maximum Gasteiger partial charge on any atom is 0.248 e. The van der Waals surface area contributed by atoms with E-state index in [2.05, 4.69) is 5.32 Å². The third-order valence-electron chi connectivity index (χ3n) is 3.86. The first-order valence-corrected chi connectivity index (χ1v) is 11.8. The maximum atomic E-state index is 13.0. The Morgan fingerprint density at radius 3 is 2.33 bits per heavy atom. The molecule has 0 heterocycles. The lowest BCUT2D eigenvalue weighted by Gasteiger charge is -2.30. The van der Waals surface area contributed by atoms with Crippen molar-refractivity contribution in [2.75, 3.05) is 21.6 Å². The molecule has 5 nitrogen and oxygen atoms in total. The molecule has 2 rings (SSSR count). The number of nitrogens with one attached hydrogen (secondary N) is 1. The predicted octanol–water partition coefficient (Wildman–Crippen LogP) is 4.64. The van der Waals surface area contributed by atoms with Crippen molar-refractivity contribution < 1.29 is 13.2 Å². The molecular weight excluding hydrogens is 404 g/mol. The highest BCUT2D eigenvalue weighted by Crippen LogP contribution is 2.29. The zero-order chi connectivity index (χ0) is 20.0. The van der Waals surface area contributed by atoms with Gasteiger partial charge in [-0.1, -0.05) is 37.6 Å². The summed E-state index contributed by atoms with van der Waals surface area (Å²) in [5.41, 5.74) is 1.08. The molecule has 0 aliphatic rings. The SMILES string of the molecule is CCSc1ccccc1NC(=O)[C@@H](CC)N(c1ccc(Cl)cc1)S(C)(=O)=O. The Morgan fingerprint density at radius 2 is 1.78 bits per heavy atom. The van der Waals surface area contributed by atoms with Crippen LogP contribution in [0.4, 0.5) is 11.4 Å². The highest BCUT2D eigenvalue weighted by atomic mass is 35.5. The van der Waals surface area contributed by atoms with E-state index in [-0.39, 0.29) is 5.91 Å². The van der Waals surface area contributed by atoms with Gasteiger partial charge in [-0.25, -0.2) is 8.42 Å². The van der Waals surface area contributed by atoms with Crippen LogP contribution < -0.4 is 9.62 Å². The van der Waals surface area contributed by atoms with Gasteiger partial charge in [-0.15, -0.1) is 11.8 Å². The highest BCUT2D eigenvalue weighted by Gasteiger charge is 2.31. The average molecular weight is 427 g/mol. The second-order valence-electron chi connectivity index (χ2n) is 5.88. The molecule has 0 saturated heterocycles. The lowest BCUT2D eigenvalue weighted by atomic mass is 10.2. The number of carbonyl (C=O) groups is 1. The molecule has 0 aromatic heterocycles. The minimum absolute atomic E-state index is 0.324. The molecule has 146 valence electrons.